The first kappa shape index (κ1) is 18.8. The van der Waals surface area contributed by atoms with E-state index in [0.29, 0.717) is 12.1 Å². The Balaban J connectivity index is 1.75. The first-order valence-electron chi connectivity index (χ1n) is 8.22. The topological polar surface area (TPSA) is 49.4 Å². The van der Waals surface area contributed by atoms with Crippen molar-refractivity contribution in [3.05, 3.63) is 71.0 Å². The van der Waals surface area contributed by atoms with Crippen molar-refractivity contribution in [1.29, 1.82) is 0 Å². The van der Waals surface area contributed by atoms with E-state index in [9.17, 15) is 14.0 Å². The van der Waals surface area contributed by atoms with Crippen LogP contribution in [0.2, 0.25) is 0 Å². The van der Waals surface area contributed by atoms with Gasteiger partial charge in [-0.1, -0.05) is 24.3 Å². The van der Waals surface area contributed by atoms with Crippen LogP contribution >= 0.6 is 0 Å². The Morgan fingerprint density at radius 3 is 2.12 bits per heavy atom. The van der Waals surface area contributed by atoms with Gasteiger partial charge >= 0.3 is 0 Å². The first-order chi connectivity index (χ1) is 11.9. The molecular formula is C20H23FN2O2. The summed E-state index contributed by atoms with van der Waals surface area (Å²) < 4.78 is 12.8. The number of amides is 1. The Morgan fingerprint density at radius 1 is 0.920 bits per heavy atom. The molecule has 2 rings (SSSR count). The fraction of sp³-hybridized carbons (Fsp3) is 0.300. The van der Waals surface area contributed by atoms with Crippen LogP contribution in [0.3, 0.4) is 0 Å². The zero-order chi connectivity index (χ0) is 18.2. The highest BCUT2D eigenvalue weighted by Crippen LogP contribution is 2.08. The third-order valence-corrected chi connectivity index (χ3v) is 3.76. The largest absolute Gasteiger partial charge is 0.352 e. The molecule has 1 amide bonds. The zero-order valence-corrected chi connectivity index (χ0v) is 14.6. The third kappa shape index (κ3) is 6.47. The number of carbonyl (C=O) groups is 2. The smallest absolute Gasteiger partial charge is 0.220 e. The molecule has 0 saturated carbocycles. The van der Waals surface area contributed by atoms with Gasteiger partial charge in [-0.15, -0.1) is 0 Å². The number of rotatable bonds is 8. The maximum Gasteiger partial charge on any atom is 0.220 e. The summed E-state index contributed by atoms with van der Waals surface area (Å²) in [6.45, 7) is 1.31. The van der Waals surface area contributed by atoms with Crippen molar-refractivity contribution in [1.82, 2.24) is 10.2 Å². The zero-order valence-electron chi connectivity index (χ0n) is 14.6. The van der Waals surface area contributed by atoms with E-state index in [1.54, 1.807) is 0 Å². The van der Waals surface area contributed by atoms with Crippen LogP contribution in [0, 0.1) is 5.82 Å². The van der Waals surface area contributed by atoms with Crippen molar-refractivity contribution in [3.63, 3.8) is 0 Å². The van der Waals surface area contributed by atoms with E-state index < -0.39 is 0 Å². The number of benzene rings is 2. The van der Waals surface area contributed by atoms with Crippen molar-refractivity contribution in [2.45, 2.75) is 25.9 Å². The first-order valence-corrected chi connectivity index (χ1v) is 8.22. The Kier molecular flexibility index (Phi) is 6.83. The van der Waals surface area contributed by atoms with E-state index >= 15 is 0 Å². The molecule has 5 heteroatoms. The molecule has 0 aliphatic carbocycles. The molecule has 0 bridgehead atoms. The monoisotopic (exact) mass is 342 g/mol. The number of nitrogens with zero attached hydrogens (tertiary/aromatic N) is 1. The number of carbonyl (C=O) groups excluding carboxylic acids is 2. The molecule has 2 aromatic rings. The van der Waals surface area contributed by atoms with Crippen molar-refractivity contribution in [3.8, 4) is 0 Å². The van der Waals surface area contributed by atoms with Gasteiger partial charge in [0.1, 0.15) is 5.82 Å². The molecule has 25 heavy (non-hydrogen) atoms. The van der Waals surface area contributed by atoms with Gasteiger partial charge in [-0.05, 0) is 49.5 Å². The molecule has 132 valence electrons. The number of Topliss-reactive ketones (excluding diaryl/α,β-unsaturated/α-hetero) is 1. The van der Waals surface area contributed by atoms with Crippen molar-refractivity contribution < 1.29 is 14.0 Å². The quantitative estimate of drug-likeness (QED) is 0.750. The lowest BCUT2D eigenvalue weighted by Crippen LogP contribution is -2.23. The number of halogens is 1. The van der Waals surface area contributed by atoms with Gasteiger partial charge in [-0.3, -0.25) is 9.59 Å². The molecule has 0 radical (unpaired) electrons. The van der Waals surface area contributed by atoms with E-state index in [4.69, 9.17) is 0 Å². The lowest BCUT2D eigenvalue weighted by atomic mass is 10.1. The van der Waals surface area contributed by atoms with Gasteiger partial charge in [0, 0.05) is 31.5 Å². The van der Waals surface area contributed by atoms with E-state index in [0.717, 1.165) is 12.1 Å². The number of ketones is 1. The normalized spacial score (nSPS) is 10.7. The highest BCUT2D eigenvalue weighted by Gasteiger charge is 2.09. The predicted molar refractivity (Wildman–Crippen MR) is 95.6 cm³/mol. The summed E-state index contributed by atoms with van der Waals surface area (Å²) in [5.74, 6) is -0.720. The Bertz CT molecular complexity index is 709. The molecular weight excluding hydrogens is 319 g/mol. The average molecular weight is 342 g/mol. The van der Waals surface area contributed by atoms with Gasteiger partial charge in [0.05, 0.1) is 0 Å². The van der Waals surface area contributed by atoms with E-state index in [2.05, 4.69) is 10.2 Å². The summed E-state index contributed by atoms with van der Waals surface area (Å²) >= 11 is 0. The molecule has 0 heterocycles. The molecule has 0 aromatic heterocycles. The van der Waals surface area contributed by atoms with Crippen LogP contribution in [-0.2, 0) is 17.9 Å². The highest BCUT2D eigenvalue weighted by molar-refractivity contribution is 5.97. The summed E-state index contributed by atoms with van der Waals surface area (Å²) in [6, 6.07) is 13.4. The summed E-state index contributed by atoms with van der Waals surface area (Å²) in [6.07, 6.45) is 0.230. The van der Waals surface area contributed by atoms with Crippen molar-refractivity contribution in [2.75, 3.05) is 14.1 Å². The van der Waals surface area contributed by atoms with E-state index in [1.165, 1.54) is 29.8 Å². The second-order valence-electron chi connectivity index (χ2n) is 6.26. The fourth-order valence-electron chi connectivity index (χ4n) is 2.42. The lowest BCUT2D eigenvalue weighted by molar-refractivity contribution is -0.121. The molecule has 4 nitrogen and oxygen atoms in total. The van der Waals surface area contributed by atoms with Crippen LogP contribution in [0.4, 0.5) is 4.39 Å². The molecule has 1 N–H and O–H groups in total. The minimum atomic E-state index is -0.383. The molecule has 0 unspecified atom stereocenters. The second kappa shape index (κ2) is 9.08. The Hall–Kier alpha value is -2.53. The Labute approximate surface area is 147 Å². The standard InChI is InChI=1S/C20H23FN2O2/c1-23(2)14-16-5-3-15(4-6-16)13-22-20(25)12-11-19(24)17-7-9-18(21)10-8-17/h3-10H,11-14H2,1-2H3,(H,22,25). The Morgan fingerprint density at radius 2 is 1.52 bits per heavy atom. The van der Waals surface area contributed by atoms with Crippen LogP contribution in [0.5, 0.6) is 0 Å². The number of hydrogen-bond donors (Lipinski definition) is 1. The van der Waals surface area contributed by atoms with Crippen LogP contribution in [0.1, 0.15) is 34.3 Å². The molecule has 0 saturated heterocycles. The van der Waals surface area contributed by atoms with E-state index in [-0.39, 0.29) is 30.3 Å². The average Bonchev–Trinajstić information content (AvgIpc) is 2.59. The molecule has 2 aromatic carbocycles. The van der Waals surface area contributed by atoms with Crippen LogP contribution in [0.25, 0.3) is 0 Å². The van der Waals surface area contributed by atoms with Gasteiger partial charge in [0.2, 0.25) is 5.91 Å². The van der Waals surface area contributed by atoms with E-state index in [1.807, 2.05) is 38.4 Å². The summed E-state index contributed by atoms with van der Waals surface area (Å²) in [7, 11) is 4.03. The predicted octanol–water partition coefficient (Wildman–Crippen LogP) is 3.17. The SMILES string of the molecule is CN(C)Cc1ccc(CNC(=O)CCC(=O)c2ccc(F)cc2)cc1. The fourth-order valence-corrected chi connectivity index (χ4v) is 2.42. The highest BCUT2D eigenvalue weighted by atomic mass is 19.1. The van der Waals surface area contributed by atoms with Crippen molar-refractivity contribution >= 4 is 11.7 Å². The minimum absolute atomic E-state index is 0.110. The van der Waals surface area contributed by atoms with Gasteiger partial charge in [0.25, 0.3) is 0 Å². The lowest BCUT2D eigenvalue weighted by Gasteiger charge is -2.10. The minimum Gasteiger partial charge on any atom is -0.352 e. The molecule has 0 atom stereocenters. The second-order valence-corrected chi connectivity index (χ2v) is 6.26. The third-order valence-electron chi connectivity index (χ3n) is 3.76. The van der Waals surface area contributed by atoms with Gasteiger partial charge in [-0.25, -0.2) is 4.39 Å². The summed E-state index contributed by atoms with van der Waals surface area (Å²) in [5, 5.41) is 2.81. The van der Waals surface area contributed by atoms with Crippen LogP contribution in [0.15, 0.2) is 48.5 Å². The van der Waals surface area contributed by atoms with Crippen molar-refractivity contribution in [2.24, 2.45) is 0 Å². The van der Waals surface area contributed by atoms with Crippen LogP contribution < -0.4 is 5.32 Å². The maximum atomic E-state index is 12.8. The summed E-state index contributed by atoms with van der Waals surface area (Å²) in [5.41, 5.74) is 2.65. The van der Waals surface area contributed by atoms with Gasteiger partial charge in [0.15, 0.2) is 5.78 Å². The molecule has 0 spiro atoms. The number of nitrogens with one attached hydrogen (secondary N) is 1. The van der Waals surface area contributed by atoms with Crippen LogP contribution in [-0.4, -0.2) is 30.7 Å². The van der Waals surface area contributed by atoms with Gasteiger partial charge in [-0.2, -0.15) is 0 Å². The number of hydrogen-bond acceptors (Lipinski definition) is 3. The summed E-state index contributed by atoms with van der Waals surface area (Å²) in [4.78, 5) is 25.9. The van der Waals surface area contributed by atoms with Gasteiger partial charge < -0.3 is 10.2 Å². The maximum absolute atomic E-state index is 12.8. The molecule has 0 aliphatic rings. The molecule has 0 aliphatic heterocycles. The molecule has 0 fully saturated rings.